The summed E-state index contributed by atoms with van der Waals surface area (Å²) in [6.45, 7) is -0.00614. The van der Waals surface area contributed by atoms with Crippen LogP contribution in [0.1, 0.15) is 34.0 Å². The average molecular weight is 488 g/mol. The minimum Gasteiger partial charge on any atom is -0.449 e. The Morgan fingerprint density at radius 3 is 2.46 bits per heavy atom. The molecule has 2 N–H and O–H groups in total. The summed E-state index contributed by atoms with van der Waals surface area (Å²) in [7, 11) is -3.66. The molecule has 3 aromatic carbocycles. The Hall–Kier alpha value is -4.24. The summed E-state index contributed by atoms with van der Waals surface area (Å²) in [6, 6.07) is 22.7. The molecule has 4 aromatic rings. The summed E-state index contributed by atoms with van der Waals surface area (Å²) in [5, 5.41) is 0.744. The molecule has 2 heterocycles. The molecule has 0 unspecified atom stereocenters. The first-order chi connectivity index (χ1) is 16.9. The summed E-state index contributed by atoms with van der Waals surface area (Å²) in [5.41, 5.74) is 2.25. The van der Waals surface area contributed by atoms with E-state index in [0.29, 0.717) is 16.7 Å². The van der Waals surface area contributed by atoms with Gasteiger partial charge in [0.25, 0.3) is 10.0 Å². The lowest BCUT2D eigenvalue weighted by Gasteiger charge is -2.17. The van der Waals surface area contributed by atoms with Gasteiger partial charge in [-0.25, -0.2) is 8.42 Å². The van der Waals surface area contributed by atoms with Crippen molar-refractivity contribution >= 4 is 38.5 Å². The smallest absolute Gasteiger partial charge is 0.308 e. The maximum absolute atomic E-state index is 13.4. The minimum atomic E-state index is -3.66. The largest absolute Gasteiger partial charge is 0.449 e. The number of rotatable bonds is 7. The Morgan fingerprint density at radius 2 is 1.63 bits per heavy atom. The Balaban J connectivity index is 1.34. The molecular weight excluding hydrogens is 466 g/mol. The molecule has 0 radical (unpaired) electrons. The third kappa shape index (κ3) is 4.45. The van der Waals surface area contributed by atoms with Gasteiger partial charge in [0.1, 0.15) is 5.84 Å². The van der Waals surface area contributed by atoms with Crippen molar-refractivity contribution in [2.75, 3.05) is 6.54 Å². The first-order valence-corrected chi connectivity index (χ1v) is 12.4. The number of H-pyrrole nitrogens is 1. The number of hydrogen-bond donors (Lipinski definition) is 2. The number of hydrogen-bond acceptors (Lipinski definition) is 6. The second-order valence-electron chi connectivity index (χ2n) is 7.97. The van der Waals surface area contributed by atoms with Crippen LogP contribution in [0.4, 0.5) is 0 Å². The normalized spacial score (nSPS) is 15.9. The highest BCUT2D eigenvalue weighted by Crippen LogP contribution is 2.28. The van der Waals surface area contributed by atoms with E-state index in [1.54, 1.807) is 48.7 Å². The van der Waals surface area contributed by atoms with Crippen molar-refractivity contribution in [3.05, 3.63) is 102 Å². The van der Waals surface area contributed by atoms with E-state index in [9.17, 15) is 18.0 Å². The van der Waals surface area contributed by atoms with Crippen LogP contribution in [0, 0.1) is 0 Å². The Morgan fingerprint density at radius 1 is 0.914 bits per heavy atom. The predicted molar refractivity (Wildman–Crippen MR) is 131 cm³/mol. The number of esters is 1. The van der Waals surface area contributed by atoms with Crippen LogP contribution in [0.3, 0.4) is 0 Å². The lowest BCUT2D eigenvalue weighted by atomic mass is 9.99. The number of para-hydroxylation sites is 1. The molecule has 8 nitrogen and oxygen atoms in total. The number of aromatic amines is 1. The van der Waals surface area contributed by atoms with Crippen LogP contribution in [0.5, 0.6) is 0 Å². The van der Waals surface area contributed by atoms with Gasteiger partial charge >= 0.3 is 5.97 Å². The minimum absolute atomic E-state index is 0.00614. The summed E-state index contributed by atoms with van der Waals surface area (Å²) < 4.78 is 32.5. The van der Waals surface area contributed by atoms with E-state index in [4.69, 9.17) is 4.74 Å². The van der Waals surface area contributed by atoms with Gasteiger partial charge < -0.3 is 9.72 Å². The van der Waals surface area contributed by atoms with Crippen LogP contribution in [0.2, 0.25) is 0 Å². The van der Waals surface area contributed by atoms with Gasteiger partial charge in [0.15, 0.2) is 6.10 Å². The fraction of sp³-hybridized carbons (Fsp3) is 0.115. The van der Waals surface area contributed by atoms with E-state index in [-0.39, 0.29) is 29.5 Å². The fourth-order valence-electron chi connectivity index (χ4n) is 4.02. The molecule has 0 amide bonds. The van der Waals surface area contributed by atoms with Gasteiger partial charge in [0, 0.05) is 33.8 Å². The second kappa shape index (κ2) is 9.19. The number of carbonyl (C=O) groups excluding carboxylic acids is 2. The van der Waals surface area contributed by atoms with E-state index in [0.717, 1.165) is 10.9 Å². The maximum Gasteiger partial charge on any atom is 0.308 e. The number of benzene rings is 3. The number of amidine groups is 1. The van der Waals surface area contributed by atoms with Crippen LogP contribution in [-0.4, -0.2) is 37.5 Å². The van der Waals surface area contributed by atoms with Gasteiger partial charge in [0.05, 0.1) is 17.9 Å². The van der Waals surface area contributed by atoms with Crippen LogP contribution >= 0.6 is 0 Å². The lowest BCUT2D eigenvalue weighted by Crippen LogP contribution is -2.23. The van der Waals surface area contributed by atoms with Crippen molar-refractivity contribution in [2.24, 2.45) is 4.99 Å². The number of ketones is 1. The number of nitrogens with one attached hydrogen (secondary N) is 2. The summed E-state index contributed by atoms with van der Waals surface area (Å²) in [6.07, 6.45) is 0.367. The third-order valence-corrected chi connectivity index (χ3v) is 7.09. The number of sulfonamides is 1. The zero-order valence-corrected chi connectivity index (χ0v) is 19.3. The maximum atomic E-state index is 13.4. The number of Topliss-reactive ketones (excluding diaryl/α,β-unsaturated/α-hetero) is 1. The number of aromatic nitrogens is 1. The van der Waals surface area contributed by atoms with Crippen molar-refractivity contribution in [3.8, 4) is 0 Å². The fourth-order valence-corrected chi connectivity index (χ4v) is 5.27. The van der Waals surface area contributed by atoms with Gasteiger partial charge in [-0.05, 0) is 18.2 Å². The first-order valence-electron chi connectivity index (χ1n) is 11.0. The second-order valence-corrected chi connectivity index (χ2v) is 9.63. The number of aliphatic imine (C=N–C) groups is 1. The highest BCUT2D eigenvalue weighted by atomic mass is 32.2. The summed E-state index contributed by atoms with van der Waals surface area (Å²) in [4.78, 5) is 33.6. The van der Waals surface area contributed by atoms with E-state index < -0.39 is 22.1 Å². The number of nitrogens with zero attached hydrogens (tertiary/aromatic N) is 1. The molecule has 0 aliphatic carbocycles. The predicted octanol–water partition coefficient (Wildman–Crippen LogP) is 3.76. The Kier molecular flexibility index (Phi) is 5.92. The van der Waals surface area contributed by atoms with E-state index in [2.05, 4.69) is 14.7 Å². The highest BCUT2D eigenvalue weighted by Gasteiger charge is 2.31. The Bertz CT molecular complexity index is 1560. The third-order valence-electron chi connectivity index (χ3n) is 5.69. The van der Waals surface area contributed by atoms with Crippen LogP contribution < -0.4 is 4.72 Å². The molecule has 1 aliphatic rings. The van der Waals surface area contributed by atoms with Gasteiger partial charge in [-0.1, -0.05) is 60.7 Å². The molecule has 0 spiro atoms. The average Bonchev–Trinajstić information content (AvgIpc) is 3.41. The van der Waals surface area contributed by atoms with Crippen molar-refractivity contribution in [1.82, 2.24) is 9.71 Å². The number of fused-ring (bicyclic) bond motifs is 2. The summed E-state index contributed by atoms with van der Waals surface area (Å²) >= 11 is 0. The van der Waals surface area contributed by atoms with E-state index in [1.807, 2.05) is 30.3 Å². The van der Waals surface area contributed by atoms with E-state index in [1.165, 1.54) is 6.07 Å². The van der Waals surface area contributed by atoms with Crippen LogP contribution in [0.25, 0.3) is 10.9 Å². The van der Waals surface area contributed by atoms with Crippen molar-refractivity contribution in [2.45, 2.75) is 17.4 Å². The van der Waals surface area contributed by atoms with E-state index >= 15 is 0 Å². The molecule has 0 bridgehead atoms. The zero-order chi connectivity index (χ0) is 24.4. The first kappa shape index (κ1) is 22.5. The summed E-state index contributed by atoms with van der Waals surface area (Å²) in [5.74, 6) is -0.779. The van der Waals surface area contributed by atoms with Crippen LogP contribution in [0.15, 0.2) is 94.9 Å². The topological polar surface area (TPSA) is 118 Å². The molecular formula is C26H21N3O5S. The molecule has 0 fully saturated rings. The zero-order valence-electron chi connectivity index (χ0n) is 18.5. The van der Waals surface area contributed by atoms with Gasteiger partial charge in [-0.3, -0.25) is 19.3 Å². The van der Waals surface area contributed by atoms with Gasteiger partial charge in [-0.15, -0.1) is 0 Å². The molecule has 1 atom stereocenters. The lowest BCUT2D eigenvalue weighted by molar-refractivity contribution is -0.147. The number of ether oxygens (including phenoxy) is 1. The molecule has 9 heteroatoms. The molecule has 5 rings (SSSR count). The molecule has 0 saturated carbocycles. The van der Waals surface area contributed by atoms with Crippen molar-refractivity contribution in [3.63, 3.8) is 0 Å². The van der Waals surface area contributed by atoms with Crippen LogP contribution in [-0.2, 0) is 19.6 Å². The van der Waals surface area contributed by atoms with Gasteiger partial charge in [0.2, 0.25) is 5.78 Å². The highest BCUT2D eigenvalue weighted by molar-refractivity contribution is 7.90. The standard InChI is InChI=1S/C26H21N3O5S/c30-23(14-15-27-26-19-11-5-7-13-22(19)35(32,33)29-26)34-25(17-8-2-1-3-9-17)24(31)20-16-28-21-12-6-4-10-18(20)21/h1-13,16,25,28H,14-15H2,(H,27,29)/t25-/m1/s1. The van der Waals surface area contributed by atoms with Gasteiger partial charge in [-0.2, -0.15) is 0 Å². The SMILES string of the molecule is O=C(CCN=C1NS(=O)(=O)c2ccccc21)O[C@@H](C(=O)c1c[nH]c2ccccc12)c1ccccc1. The Labute approximate surface area is 201 Å². The van der Waals surface area contributed by atoms with Crippen molar-refractivity contribution in [1.29, 1.82) is 0 Å². The monoisotopic (exact) mass is 487 g/mol. The molecule has 1 aliphatic heterocycles. The molecule has 35 heavy (non-hydrogen) atoms. The molecule has 1 aromatic heterocycles. The quantitative estimate of drug-likeness (QED) is 0.304. The van der Waals surface area contributed by atoms with Crippen molar-refractivity contribution < 1.29 is 22.7 Å². The molecule has 0 saturated heterocycles. The number of carbonyl (C=O) groups is 2. The molecule has 176 valence electrons.